The van der Waals surface area contributed by atoms with Crippen molar-refractivity contribution in [2.75, 3.05) is 41.1 Å². The summed E-state index contributed by atoms with van der Waals surface area (Å²) in [7, 11) is -3.80. The van der Waals surface area contributed by atoms with E-state index in [1.807, 2.05) is 0 Å². The van der Waals surface area contributed by atoms with Crippen molar-refractivity contribution in [1.82, 2.24) is 14.9 Å². The average Bonchev–Trinajstić information content (AvgIpc) is 3.15. The Labute approximate surface area is 170 Å². The summed E-state index contributed by atoms with van der Waals surface area (Å²) in [5, 5.41) is 2.61. The fraction of sp³-hybridized carbons (Fsp3) is 0.421. The molecule has 0 radical (unpaired) electrons. The second-order valence-corrected chi connectivity index (χ2v) is 9.01. The lowest BCUT2D eigenvalue weighted by atomic mass is 10.2. The molecular weight excluding hydrogens is 392 g/mol. The SMILES string of the molecule is CC(=O)Nc1ccc(S(=O)(=O)Nc2ccnc(N3CCN4CCCC4C3)n2)cc1. The van der Waals surface area contributed by atoms with E-state index in [9.17, 15) is 13.2 Å². The van der Waals surface area contributed by atoms with Gasteiger partial charge in [0.05, 0.1) is 4.90 Å². The summed E-state index contributed by atoms with van der Waals surface area (Å²) in [6.07, 6.45) is 3.97. The minimum atomic E-state index is -3.80. The third-order valence-corrected chi connectivity index (χ3v) is 6.61. The number of hydrogen-bond donors (Lipinski definition) is 2. The summed E-state index contributed by atoms with van der Waals surface area (Å²) < 4.78 is 27.9. The fourth-order valence-electron chi connectivity index (χ4n) is 3.85. The molecule has 1 aromatic carbocycles. The number of piperazine rings is 1. The predicted molar refractivity (Wildman–Crippen MR) is 110 cm³/mol. The molecule has 29 heavy (non-hydrogen) atoms. The van der Waals surface area contributed by atoms with Crippen LogP contribution in [0.5, 0.6) is 0 Å². The van der Waals surface area contributed by atoms with Crippen molar-refractivity contribution in [3.05, 3.63) is 36.5 Å². The quantitative estimate of drug-likeness (QED) is 0.761. The Morgan fingerprint density at radius 1 is 1.14 bits per heavy atom. The Balaban J connectivity index is 1.47. The lowest BCUT2D eigenvalue weighted by Gasteiger charge is -2.37. The van der Waals surface area contributed by atoms with Crippen LogP contribution < -0.4 is 14.9 Å². The van der Waals surface area contributed by atoms with Gasteiger partial charge < -0.3 is 10.2 Å². The number of anilines is 3. The summed E-state index contributed by atoms with van der Waals surface area (Å²) in [5.41, 5.74) is 0.534. The van der Waals surface area contributed by atoms with Crippen LogP contribution in [0.25, 0.3) is 0 Å². The number of hydrogen-bond acceptors (Lipinski definition) is 7. The zero-order valence-electron chi connectivity index (χ0n) is 16.2. The number of benzene rings is 1. The van der Waals surface area contributed by atoms with Gasteiger partial charge in [-0.25, -0.2) is 13.4 Å². The summed E-state index contributed by atoms with van der Waals surface area (Å²) in [6, 6.07) is 8.03. The van der Waals surface area contributed by atoms with E-state index in [1.165, 1.54) is 31.9 Å². The van der Waals surface area contributed by atoms with Gasteiger partial charge >= 0.3 is 0 Å². The predicted octanol–water partition coefficient (Wildman–Crippen LogP) is 1.52. The van der Waals surface area contributed by atoms with E-state index in [1.54, 1.807) is 24.4 Å². The monoisotopic (exact) mass is 416 g/mol. The highest BCUT2D eigenvalue weighted by molar-refractivity contribution is 7.92. The van der Waals surface area contributed by atoms with Crippen LogP contribution in [-0.4, -0.2) is 61.4 Å². The standard InChI is InChI=1S/C19H24N6O3S/c1-14(26)21-15-4-6-17(7-5-15)29(27,28)23-18-8-9-20-19(22-18)25-12-11-24-10-2-3-16(24)13-25/h4-9,16H,2-3,10-13H2,1H3,(H,21,26)(H,20,22,23). The number of carbonyl (C=O) groups excluding carboxylic acids is 1. The maximum Gasteiger partial charge on any atom is 0.263 e. The maximum atomic E-state index is 12.7. The molecule has 10 heteroatoms. The van der Waals surface area contributed by atoms with E-state index in [0.29, 0.717) is 17.7 Å². The van der Waals surface area contributed by atoms with Crippen LogP contribution in [0.4, 0.5) is 17.5 Å². The summed E-state index contributed by atoms with van der Waals surface area (Å²) in [5.74, 6) is 0.554. The van der Waals surface area contributed by atoms with Crippen LogP contribution in [0.2, 0.25) is 0 Å². The highest BCUT2D eigenvalue weighted by Gasteiger charge is 2.31. The van der Waals surface area contributed by atoms with Gasteiger partial charge in [0.1, 0.15) is 5.82 Å². The molecule has 2 aliphatic rings. The molecule has 2 fully saturated rings. The lowest BCUT2D eigenvalue weighted by Crippen LogP contribution is -2.50. The second kappa shape index (κ2) is 7.96. The minimum absolute atomic E-state index is 0.0892. The molecule has 1 unspecified atom stereocenters. The zero-order chi connectivity index (χ0) is 20.4. The van der Waals surface area contributed by atoms with Crippen molar-refractivity contribution < 1.29 is 13.2 Å². The first-order valence-corrected chi connectivity index (χ1v) is 11.1. The molecule has 2 aliphatic heterocycles. The Morgan fingerprint density at radius 2 is 1.93 bits per heavy atom. The molecule has 2 aromatic rings. The topological polar surface area (TPSA) is 108 Å². The highest BCUT2D eigenvalue weighted by atomic mass is 32.2. The average molecular weight is 417 g/mol. The molecule has 2 saturated heterocycles. The van der Waals surface area contributed by atoms with Crippen LogP contribution in [0.15, 0.2) is 41.4 Å². The maximum absolute atomic E-state index is 12.7. The molecule has 154 valence electrons. The molecule has 1 amide bonds. The van der Waals surface area contributed by atoms with Gasteiger partial charge in [-0.1, -0.05) is 0 Å². The number of aromatic nitrogens is 2. The van der Waals surface area contributed by atoms with Gasteiger partial charge in [0.15, 0.2) is 0 Å². The first-order chi connectivity index (χ1) is 13.9. The molecule has 1 aromatic heterocycles. The van der Waals surface area contributed by atoms with E-state index in [0.717, 1.165) is 26.2 Å². The second-order valence-electron chi connectivity index (χ2n) is 7.33. The van der Waals surface area contributed by atoms with Gasteiger partial charge in [0.25, 0.3) is 10.0 Å². The largest absolute Gasteiger partial charge is 0.338 e. The number of rotatable bonds is 5. The van der Waals surface area contributed by atoms with Crippen molar-refractivity contribution in [1.29, 1.82) is 0 Å². The van der Waals surface area contributed by atoms with Crippen LogP contribution in [0.3, 0.4) is 0 Å². The number of sulfonamides is 1. The third-order valence-electron chi connectivity index (χ3n) is 5.24. The highest BCUT2D eigenvalue weighted by Crippen LogP contribution is 2.24. The Kier molecular flexibility index (Phi) is 5.37. The van der Waals surface area contributed by atoms with E-state index in [2.05, 4.69) is 29.8 Å². The van der Waals surface area contributed by atoms with E-state index in [4.69, 9.17) is 0 Å². The summed E-state index contributed by atoms with van der Waals surface area (Å²) in [4.78, 5) is 24.6. The van der Waals surface area contributed by atoms with Crippen molar-refractivity contribution in [3.8, 4) is 0 Å². The number of nitrogens with one attached hydrogen (secondary N) is 2. The zero-order valence-corrected chi connectivity index (χ0v) is 17.0. The number of nitrogens with zero attached hydrogens (tertiary/aromatic N) is 4. The van der Waals surface area contributed by atoms with Crippen molar-refractivity contribution in [2.24, 2.45) is 0 Å². The van der Waals surface area contributed by atoms with Crippen LogP contribution in [0, 0.1) is 0 Å². The molecule has 0 bridgehead atoms. The molecule has 2 N–H and O–H groups in total. The van der Waals surface area contributed by atoms with Crippen LogP contribution >= 0.6 is 0 Å². The summed E-state index contributed by atoms with van der Waals surface area (Å²) in [6.45, 7) is 5.22. The van der Waals surface area contributed by atoms with Gasteiger partial charge in [0, 0.05) is 44.5 Å². The van der Waals surface area contributed by atoms with Crippen molar-refractivity contribution in [3.63, 3.8) is 0 Å². The Hall–Kier alpha value is -2.72. The molecule has 4 rings (SSSR count). The van der Waals surface area contributed by atoms with Gasteiger partial charge in [-0.15, -0.1) is 0 Å². The van der Waals surface area contributed by atoms with Crippen LogP contribution in [0.1, 0.15) is 19.8 Å². The molecule has 0 saturated carbocycles. The minimum Gasteiger partial charge on any atom is -0.338 e. The molecule has 1 atom stereocenters. The lowest BCUT2D eigenvalue weighted by molar-refractivity contribution is -0.114. The fourth-order valence-corrected chi connectivity index (χ4v) is 4.85. The normalized spacial score (nSPS) is 19.6. The summed E-state index contributed by atoms with van der Waals surface area (Å²) >= 11 is 0. The van der Waals surface area contributed by atoms with Gasteiger partial charge in [-0.2, -0.15) is 4.98 Å². The molecule has 3 heterocycles. The molecule has 0 spiro atoms. The van der Waals surface area contributed by atoms with Crippen LogP contribution in [-0.2, 0) is 14.8 Å². The van der Waals surface area contributed by atoms with Crippen molar-refractivity contribution >= 4 is 33.4 Å². The smallest absolute Gasteiger partial charge is 0.263 e. The molecule has 9 nitrogen and oxygen atoms in total. The van der Waals surface area contributed by atoms with Crippen molar-refractivity contribution in [2.45, 2.75) is 30.7 Å². The Morgan fingerprint density at radius 3 is 2.69 bits per heavy atom. The van der Waals surface area contributed by atoms with E-state index >= 15 is 0 Å². The molecule has 0 aliphatic carbocycles. The first-order valence-electron chi connectivity index (χ1n) is 9.63. The van der Waals surface area contributed by atoms with E-state index in [-0.39, 0.29) is 16.6 Å². The molecular formula is C19H24N6O3S. The number of fused-ring (bicyclic) bond motifs is 1. The first kappa shape index (κ1) is 19.6. The van der Waals surface area contributed by atoms with Gasteiger partial charge in [0.2, 0.25) is 11.9 Å². The number of amides is 1. The van der Waals surface area contributed by atoms with E-state index < -0.39 is 10.0 Å². The number of carbonyl (C=O) groups is 1. The van der Waals surface area contributed by atoms with Gasteiger partial charge in [-0.3, -0.25) is 14.4 Å². The van der Waals surface area contributed by atoms with Gasteiger partial charge in [-0.05, 0) is 49.7 Å². The Bertz CT molecular complexity index is 995. The third kappa shape index (κ3) is 4.48.